The van der Waals surface area contributed by atoms with Gasteiger partial charge in [-0.3, -0.25) is 5.10 Å². The molecule has 20 heavy (non-hydrogen) atoms. The number of nitrogens with one attached hydrogen (secondary N) is 1. The number of amides is 1. The van der Waals surface area contributed by atoms with Gasteiger partial charge in [0.25, 0.3) is 0 Å². The molecule has 1 amide bonds. The van der Waals surface area contributed by atoms with E-state index in [0.717, 1.165) is 0 Å². The molecule has 0 atom stereocenters. The molecule has 0 aliphatic heterocycles. The number of rotatable bonds is 3. The Balaban J connectivity index is 2.24. The predicted molar refractivity (Wildman–Crippen MR) is 78.4 cm³/mol. The largest absolute Gasteiger partial charge is 0.467 e. The molecule has 108 valence electrons. The SMILES string of the molecule is CC(C)(C)OC(=O)N(Cc1ccco1)c1n[nH]c(=S)s1. The van der Waals surface area contributed by atoms with Crippen LogP contribution in [0.5, 0.6) is 0 Å². The predicted octanol–water partition coefficient (Wildman–Crippen LogP) is 3.74. The molecular weight excluding hydrogens is 298 g/mol. The Labute approximate surface area is 125 Å². The number of aromatic nitrogens is 2. The van der Waals surface area contributed by atoms with E-state index in [4.69, 9.17) is 21.4 Å². The van der Waals surface area contributed by atoms with Crippen molar-refractivity contribution in [1.82, 2.24) is 10.2 Å². The van der Waals surface area contributed by atoms with Crippen LogP contribution in [0.15, 0.2) is 22.8 Å². The minimum Gasteiger partial charge on any atom is -0.467 e. The molecule has 0 saturated heterocycles. The molecule has 2 aromatic heterocycles. The molecule has 0 spiro atoms. The Morgan fingerprint density at radius 3 is 2.85 bits per heavy atom. The number of hydrogen-bond acceptors (Lipinski definition) is 6. The summed E-state index contributed by atoms with van der Waals surface area (Å²) in [6, 6.07) is 3.54. The molecule has 0 bridgehead atoms. The van der Waals surface area contributed by atoms with Gasteiger partial charge < -0.3 is 9.15 Å². The van der Waals surface area contributed by atoms with Crippen LogP contribution >= 0.6 is 23.6 Å². The second kappa shape index (κ2) is 5.76. The first-order valence-electron chi connectivity index (χ1n) is 5.93. The van der Waals surface area contributed by atoms with Gasteiger partial charge in [-0.15, -0.1) is 5.10 Å². The highest BCUT2D eigenvalue weighted by atomic mass is 32.1. The minimum atomic E-state index is -0.587. The standard InChI is InChI=1S/C12H15N3O3S2/c1-12(2,3)18-11(16)15(7-8-5-4-6-17-8)9-13-14-10(19)20-9/h4-6H,7H2,1-3H3,(H,14,19). The van der Waals surface area contributed by atoms with Crippen LogP contribution in [-0.4, -0.2) is 21.9 Å². The summed E-state index contributed by atoms with van der Waals surface area (Å²) in [5, 5.41) is 7.12. The highest BCUT2D eigenvalue weighted by Crippen LogP contribution is 2.23. The van der Waals surface area contributed by atoms with Gasteiger partial charge in [0, 0.05) is 0 Å². The number of furan rings is 1. The van der Waals surface area contributed by atoms with Crippen LogP contribution in [0.3, 0.4) is 0 Å². The van der Waals surface area contributed by atoms with Crippen LogP contribution in [0, 0.1) is 3.95 Å². The summed E-state index contributed by atoms with van der Waals surface area (Å²) in [5.74, 6) is 0.636. The van der Waals surface area contributed by atoms with Gasteiger partial charge in [0.15, 0.2) is 3.95 Å². The smallest absolute Gasteiger partial charge is 0.417 e. The summed E-state index contributed by atoms with van der Waals surface area (Å²) in [6.45, 7) is 5.66. The fourth-order valence-corrected chi connectivity index (χ4v) is 2.29. The van der Waals surface area contributed by atoms with Crippen molar-refractivity contribution >= 4 is 34.8 Å². The third-order valence-electron chi connectivity index (χ3n) is 2.17. The van der Waals surface area contributed by atoms with E-state index in [1.165, 1.54) is 16.2 Å². The van der Waals surface area contributed by atoms with Crippen LogP contribution in [0.1, 0.15) is 26.5 Å². The average Bonchev–Trinajstić information content (AvgIpc) is 2.94. The van der Waals surface area contributed by atoms with Gasteiger partial charge in [-0.2, -0.15) is 0 Å². The van der Waals surface area contributed by atoms with Crippen LogP contribution in [0.4, 0.5) is 9.93 Å². The summed E-state index contributed by atoms with van der Waals surface area (Å²) in [6.07, 6.45) is 1.06. The number of hydrogen-bond donors (Lipinski definition) is 1. The fourth-order valence-electron chi connectivity index (χ4n) is 1.42. The van der Waals surface area contributed by atoms with Crippen molar-refractivity contribution in [3.05, 3.63) is 28.1 Å². The first-order valence-corrected chi connectivity index (χ1v) is 7.16. The molecule has 1 N–H and O–H groups in total. The molecule has 2 heterocycles. The summed E-state index contributed by atoms with van der Waals surface area (Å²) in [7, 11) is 0. The van der Waals surface area contributed by atoms with Gasteiger partial charge in [-0.1, -0.05) is 11.3 Å². The number of carbonyl (C=O) groups is 1. The maximum Gasteiger partial charge on any atom is 0.417 e. The second-order valence-corrected chi connectivity index (χ2v) is 6.69. The van der Waals surface area contributed by atoms with E-state index in [1.807, 2.05) is 20.8 Å². The van der Waals surface area contributed by atoms with Crippen LogP contribution in [0.2, 0.25) is 0 Å². The summed E-state index contributed by atoms with van der Waals surface area (Å²) in [5.41, 5.74) is -0.587. The van der Waals surface area contributed by atoms with E-state index < -0.39 is 11.7 Å². The highest BCUT2D eigenvalue weighted by Gasteiger charge is 2.26. The van der Waals surface area contributed by atoms with Crippen molar-refractivity contribution in [1.29, 1.82) is 0 Å². The Kier molecular flexibility index (Phi) is 4.24. The number of aromatic amines is 1. The van der Waals surface area contributed by atoms with E-state index >= 15 is 0 Å². The van der Waals surface area contributed by atoms with Crippen molar-refractivity contribution in [2.24, 2.45) is 0 Å². The molecule has 0 aromatic carbocycles. The molecule has 2 aromatic rings. The Morgan fingerprint density at radius 2 is 2.35 bits per heavy atom. The molecule has 0 saturated carbocycles. The van der Waals surface area contributed by atoms with Gasteiger partial charge in [0.05, 0.1) is 12.8 Å². The monoisotopic (exact) mass is 313 g/mol. The van der Waals surface area contributed by atoms with Crippen molar-refractivity contribution in [2.75, 3.05) is 4.90 Å². The molecule has 6 nitrogen and oxygen atoms in total. The first-order chi connectivity index (χ1) is 9.35. The average molecular weight is 313 g/mol. The van der Waals surface area contributed by atoms with Crippen molar-refractivity contribution in [3.8, 4) is 0 Å². The molecule has 2 rings (SSSR count). The lowest BCUT2D eigenvalue weighted by atomic mass is 10.2. The lowest BCUT2D eigenvalue weighted by Crippen LogP contribution is -2.36. The Morgan fingerprint density at radius 1 is 1.60 bits per heavy atom. The summed E-state index contributed by atoms with van der Waals surface area (Å²) >= 11 is 6.20. The maximum absolute atomic E-state index is 12.3. The van der Waals surface area contributed by atoms with Crippen LogP contribution in [0.25, 0.3) is 0 Å². The van der Waals surface area contributed by atoms with Gasteiger partial charge in [-0.05, 0) is 45.1 Å². The first kappa shape index (κ1) is 14.7. The van der Waals surface area contributed by atoms with E-state index in [-0.39, 0.29) is 6.54 Å². The molecule has 0 aliphatic carbocycles. The number of anilines is 1. The van der Waals surface area contributed by atoms with Crippen molar-refractivity contribution < 1.29 is 13.9 Å². The third-order valence-corrected chi connectivity index (χ3v) is 3.28. The molecule has 0 unspecified atom stereocenters. The maximum atomic E-state index is 12.3. The number of ether oxygens (including phenoxy) is 1. The van der Waals surface area contributed by atoms with Crippen molar-refractivity contribution in [2.45, 2.75) is 32.9 Å². The molecule has 0 fully saturated rings. The quantitative estimate of drug-likeness (QED) is 0.874. The lowest BCUT2D eigenvalue weighted by molar-refractivity contribution is 0.0575. The fraction of sp³-hybridized carbons (Fsp3) is 0.417. The van der Waals surface area contributed by atoms with Crippen LogP contribution in [-0.2, 0) is 11.3 Å². The molecule has 8 heteroatoms. The number of H-pyrrole nitrogens is 1. The van der Waals surface area contributed by atoms with E-state index in [0.29, 0.717) is 14.8 Å². The number of nitrogens with zero attached hydrogens (tertiary/aromatic N) is 2. The molecule has 0 aliphatic rings. The zero-order valence-corrected chi connectivity index (χ0v) is 13.0. The molecule has 0 radical (unpaired) electrons. The van der Waals surface area contributed by atoms with Gasteiger partial charge in [0.1, 0.15) is 11.4 Å². The lowest BCUT2D eigenvalue weighted by Gasteiger charge is -2.24. The summed E-state index contributed by atoms with van der Waals surface area (Å²) in [4.78, 5) is 13.7. The zero-order chi connectivity index (χ0) is 14.8. The minimum absolute atomic E-state index is 0.234. The zero-order valence-electron chi connectivity index (χ0n) is 11.4. The topological polar surface area (TPSA) is 71.4 Å². The highest BCUT2D eigenvalue weighted by molar-refractivity contribution is 7.73. The van der Waals surface area contributed by atoms with E-state index in [2.05, 4.69) is 10.2 Å². The van der Waals surface area contributed by atoms with E-state index in [1.54, 1.807) is 18.4 Å². The normalized spacial score (nSPS) is 11.3. The Bertz CT molecular complexity index is 625. The third kappa shape index (κ3) is 3.91. The van der Waals surface area contributed by atoms with E-state index in [9.17, 15) is 4.79 Å². The summed E-state index contributed by atoms with van der Waals surface area (Å²) < 4.78 is 11.1. The van der Waals surface area contributed by atoms with Gasteiger partial charge >= 0.3 is 6.09 Å². The van der Waals surface area contributed by atoms with Crippen molar-refractivity contribution in [3.63, 3.8) is 0 Å². The van der Waals surface area contributed by atoms with Crippen LogP contribution < -0.4 is 4.90 Å². The van der Waals surface area contributed by atoms with Gasteiger partial charge in [-0.25, -0.2) is 9.69 Å². The second-order valence-electron chi connectivity index (χ2n) is 5.04. The van der Waals surface area contributed by atoms with Gasteiger partial charge in [0.2, 0.25) is 5.13 Å². The Hall–Kier alpha value is -1.67. The molecular formula is C12H15N3O3S2. The number of carbonyl (C=O) groups excluding carboxylic acids is 1.